The predicted octanol–water partition coefficient (Wildman–Crippen LogP) is 2.05. The molecule has 12 heavy (non-hydrogen) atoms. The molecule has 0 bridgehead atoms. The molecule has 0 aliphatic heterocycles. The Hall–Kier alpha value is -0.0800. The Morgan fingerprint density at radius 3 is 2.33 bits per heavy atom. The third-order valence-electron chi connectivity index (χ3n) is 3.05. The molecule has 1 fully saturated rings. The van der Waals surface area contributed by atoms with Crippen LogP contribution in [0, 0.1) is 5.41 Å². The molecule has 0 atom stereocenters. The van der Waals surface area contributed by atoms with Crippen LogP contribution in [0.4, 0.5) is 0 Å². The minimum absolute atomic E-state index is 0.509. The van der Waals surface area contributed by atoms with Crippen molar-refractivity contribution in [3.8, 4) is 0 Å². The highest BCUT2D eigenvalue weighted by Crippen LogP contribution is 2.41. The zero-order chi connectivity index (χ0) is 9.03. The van der Waals surface area contributed by atoms with Gasteiger partial charge in [-0.05, 0) is 37.5 Å². The van der Waals surface area contributed by atoms with Crippen LogP contribution in [0.25, 0.3) is 0 Å². The van der Waals surface area contributed by atoms with Gasteiger partial charge in [0.2, 0.25) is 0 Å². The summed E-state index contributed by atoms with van der Waals surface area (Å²) in [6.45, 7) is 2.32. The van der Waals surface area contributed by atoms with E-state index in [4.69, 9.17) is 10.2 Å². The van der Waals surface area contributed by atoms with Crippen LogP contribution >= 0.6 is 0 Å². The molecule has 72 valence electrons. The Labute approximate surface area is 74.6 Å². The van der Waals surface area contributed by atoms with Crippen LogP contribution in [-0.2, 0) is 0 Å². The van der Waals surface area contributed by atoms with Crippen molar-refractivity contribution >= 4 is 0 Å². The second-order valence-electron chi connectivity index (χ2n) is 4.39. The van der Waals surface area contributed by atoms with Gasteiger partial charge in [-0.2, -0.15) is 0 Å². The molecule has 2 heteroatoms. The number of rotatable bonds is 4. The van der Waals surface area contributed by atoms with Crippen LogP contribution in [0.5, 0.6) is 0 Å². The van der Waals surface area contributed by atoms with Gasteiger partial charge >= 0.3 is 0 Å². The standard InChI is InChI=1S/C10H20O2/c1-10(6-2-3-7-10)8-4-5-9(11)12/h9,11-12H,2-8H2,1H3. The summed E-state index contributed by atoms with van der Waals surface area (Å²) in [6.07, 6.45) is 6.92. The lowest BCUT2D eigenvalue weighted by Crippen LogP contribution is -2.12. The second-order valence-corrected chi connectivity index (χ2v) is 4.39. The Morgan fingerprint density at radius 1 is 1.25 bits per heavy atom. The first-order chi connectivity index (χ1) is 5.62. The molecular weight excluding hydrogens is 152 g/mol. The van der Waals surface area contributed by atoms with Crippen LogP contribution in [0.2, 0.25) is 0 Å². The van der Waals surface area contributed by atoms with Gasteiger partial charge in [0.15, 0.2) is 6.29 Å². The van der Waals surface area contributed by atoms with Crippen LogP contribution in [0.3, 0.4) is 0 Å². The van der Waals surface area contributed by atoms with E-state index in [0.29, 0.717) is 11.8 Å². The van der Waals surface area contributed by atoms with E-state index >= 15 is 0 Å². The van der Waals surface area contributed by atoms with Gasteiger partial charge in [0.05, 0.1) is 0 Å². The fourth-order valence-electron chi connectivity index (χ4n) is 2.19. The van der Waals surface area contributed by atoms with E-state index in [9.17, 15) is 0 Å². The minimum atomic E-state index is -1.10. The summed E-state index contributed by atoms with van der Waals surface area (Å²) < 4.78 is 0. The molecular formula is C10H20O2. The van der Waals surface area contributed by atoms with E-state index < -0.39 is 6.29 Å². The van der Waals surface area contributed by atoms with Crippen molar-refractivity contribution in [3.05, 3.63) is 0 Å². The maximum atomic E-state index is 8.67. The molecule has 0 aromatic rings. The molecule has 0 amide bonds. The third-order valence-corrected chi connectivity index (χ3v) is 3.05. The maximum Gasteiger partial charge on any atom is 0.151 e. The van der Waals surface area contributed by atoms with E-state index in [2.05, 4.69) is 6.92 Å². The molecule has 1 aliphatic carbocycles. The Bertz CT molecular complexity index is 126. The summed E-state index contributed by atoms with van der Waals surface area (Å²) in [5.41, 5.74) is 0.509. The van der Waals surface area contributed by atoms with Crippen molar-refractivity contribution in [1.29, 1.82) is 0 Å². The first-order valence-corrected chi connectivity index (χ1v) is 4.99. The molecule has 1 aliphatic rings. The second kappa shape index (κ2) is 4.24. The molecule has 0 heterocycles. The predicted molar refractivity (Wildman–Crippen MR) is 48.7 cm³/mol. The topological polar surface area (TPSA) is 40.5 Å². The van der Waals surface area contributed by atoms with Crippen LogP contribution in [0.1, 0.15) is 51.9 Å². The van der Waals surface area contributed by atoms with Gasteiger partial charge in [-0.15, -0.1) is 0 Å². The summed E-state index contributed by atoms with van der Waals surface area (Å²) in [7, 11) is 0. The van der Waals surface area contributed by atoms with Gasteiger partial charge in [-0.25, -0.2) is 0 Å². The molecule has 0 aromatic carbocycles. The monoisotopic (exact) mass is 172 g/mol. The van der Waals surface area contributed by atoms with Gasteiger partial charge in [0.1, 0.15) is 0 Å². The van der Waals surface area contributed by atoms with E-state index in [0.717, 1.165) is 12.8 Å². The van der Waals surface area contributed by atoms with Gasteiger partial charge in [0.25, 0.3) is 0 Å². The van der Waals surface area contributed by atoms with Crippen molar-refractivity contribution in [3.63, 3.8) is 0 Å². The average Bonchev–Trinajstić information content (AvgIpc) is 2.35. The zero-order valence-corrected chi connectivity index (χ0v) is 7.92. The fraction of sp³-hybridized carbons (Fsp3) is 1.00. The first kappa shape index (κ1) is 10.0. The quantitative estimate of drug-likeness (QED) is 0.637. The average molecular weight is 172 g/mol. The molecule has 2 N–H and O–H groups in total. The Kier molecular flexibility index (Phi) is 3.53. The summed E-state index contributed by atoms with van der Waals surface area (Å²) in [5, 5.41) is 17.3. The van der Waals surface area contributed by atoms with Crippen LogP contribution < -0.4 is 0 Å². The van der Waals surface area contributed by atoms with E-state index in [-0.39, 0.29) is 0 Å². The number of aliphatic hydroxyl groups is 2. The number of hydrogen-bond acceptors (Lipinski definition) is 2. The number of hydrogen-bond donors (Lipinski definition) is 2. The minimum Gasteiger partial charge on any atom is -0.368 e. The van der Waals surface area contributed by atoms with Gasteiger partial charge in [0, 0.05) is 0 Å². The SMILES string of the molecule is CC1(CCCC(O)O)CCCC1. The summed E-state index contributed by atoms with van der Waals surface area (Å²) in [6, 6.07) is 0. The van der Waals surface area contributed by atoms with E-state index in [1.807, 2.05) is 0 Å². The van der Waals surface area contributed by atoms with Crippen LogP contribution in [0.15, 0.2) is 0 Å². The molecule has 0 radical (unpaired) electrons. The lowest BCUT2D eigenvalue weighted by Gasteiger charge is -2.23. The van der Waals surface area contributed by atoms with Gasteiger partial charge in [-0.1, -0.05) is 19.8 Å². The lowest BCUT2D eigenvalue weighted by molar-refractivity contribution is -0.0479. The largest absolute Gasteiger partial charge is 0.368 e. The molecule has 0 unspecified atom stereocenters. The zero-order valence-electron chi connectivity index (χ0n) is 7.92. The van der Waals surface area contributed by atoms with Crippen molar-refractivity contribution in [2.24, 2.45) is 5.41 Å². The van der Waals surface area contributed by atoms with Crippen molar-refractivity contribution in [2.75, 3.05) is 0 Å². The molecule has 1 saturated carbocycles. The highest BCUT2D eigenvalue weighted by atomic mass is 16.5. The maximum absolute atomic E-state index is 8.67. The lowest BCUT2D eigenvalue weighted by atomic mass is 9.83. The van der Waals surface area contributed by atoms with Crippen molar-refractivity contribution in [2.45, 2.75) is 58.2 Å². The fourth-order valence-corrected chi connectivity index (χ4v) is 2.19. The molecule has 2 nitrogen and oxygen atoms in total. The van der Waals surface area contributed by atoms with Gasteiger partial charge < -0.3 is 10.2 Å². The third kappa shape index (κ3) is 3.11. The normalized spacial score (nSPS) is 22.0. The molecule has 1 rings (SSSR count). The molecule has 0 saturated heterocycles. The summed E-state index contributed by atoms with van der Waals surface area (Å²) >= 11 is 0. The number of aliphatic hydroxyl groups excluding tert-OH is 1. The highest BCUT2D eigenvalue weighted by Gasteiger charge is 2.27. The molecule has 0 spiro atoms. The molecule has 0 aromatic heterocycles. The smallest absolute Gasteiger partial charge is 0.151 e. The van der Waals surface area contributed by atoms with E-state index in [1.165, 1.54) is 25.7 Å². The Morgan fingerprint density at radius 2 is 1.83 bits per heavy atom. The van der Waals surface area contributed by atoms with Gasteiger partial charge in [-0.3, -0.25) is 0 Å². The van der Waals surface area contributed by atoms with E-state index in [1.54, 1.807) is 0 Å². The van der Waals surface area contributed by atoms with Crippen LogP contribution in [-0.4, -0.2) is 16.5 Å². The first-order valence-electron chi connectivity index (χ1n) is 4.99. The summed E-state index contributed by atoms with van der Waals surface area (Å²) in [5.74, 6) is 0. The summed E-state index contributed by atoms with van der Waals surface area (Å²) in [4.78, 5) is 0. The highest BCUT2D eigenvalue weighted by molar-refractivity contribution is 4.79. The van der Waals surface area contributed by atoms with Crippen molar-refractivity contribution in [1.82, 2.24) is 0 Å². The Balaban J connectivity index is 2.13. The van der Waals surface area contributed by atoms with Crippen molar-refractivity contribution < 1.29 is 10.2 Å².